The number of aliphatic imine (C=N–C) groups is 6. The summed E-state index contributed by atoms with van der Waals surface area (Å²) in [6.07, 6.45) is 12.2. The predicted molar refractivity (Wildman–Crippen MR) is 664 cm³/mol. The van der Waals surface area contributed by atoms with Crippen LogP contribution in [0.25, 0.3) is 134 Å². The summed E-state index contributed by atoms with van der Waals surface area (Å²) in [5, 5.41) is 0. The van der Waals surface area contributed by atoms with Crippen molar-refractivity contribution in [3.8, 4) is 134 Å². The van der Waals surface area contributed by atoms with Crippen molar-refractivity contribution in [2.75, 3.05) is 0 Å². The highest BCUT2D eigenvalue weighted by Gasteiger charge is 2.26. The van der Waals surface area contributed by atoms with E-state index in [0.717, 1.165) is 33.4 Å². The van der Waals surface area contributed by atoms with Crippen LogP contribution in [-0.4, -0.2) is 63.1 Å². The molecular weight excluding hydrogens is 2240 g/mol. The summed E-state index contributed by atoms with van der Waals surface area (Å²) in [5.41, 5.74) is 57.5. The Morgan fingerprint density at radius 2 is 0.280 bits per heavy atom. The maximum absolute atomic E-state index is 5.07. The molecule has 0 N–H and O–H groups in total. The number of aryl methyl sites for hydroxylation is 6. The molecule has 0 aliphatic carbocycles. The molecule has 150 heavy (non-hydrogen) atoms. The number of rotatable bonds is 0. The first-order chi connectivity index (χ1) is 71.7. The molecule has 16 aromatic rings. The second-order valence-electron chi connectivity index (χ2n) is 36.5. The molecule has 36 bridgehead atoms. The molecule has 0 fully saturated rings. The monoisotopic (exact) mass is 2330 g/mol. The lowest BCUT2D eigenvalue weighted by Gasteiger charge is -2.24. The highest BCUT2D eigenvalue weighted by Crippen LogP contribution is 2.49. The van der Waals surface area contributed by atoms with E-state index in [1.165, 1.54) is 234 Å². The molecular formula is C126H108Cl18N6. The van der Waals surface area contributed by atoms with Crippen molar-refractivity contribution in [3.05, 3.63) is 425 Å². The van der Waals surface area contributed by atoms with Crippen molar-refractivity contribution in [2.45, 2.75) is 148 Å². The predicted octanol–water partition coefficient (Wildman–Crippen LogP) is 42.0. The minimum absolute atomic E-state index is 0.580. The number of nitrogens with zero attached hydrogens (tertiary/aromatic N) is 6. The van der Waals surface area contributed by atoms with Crippen molar-refractivity contribution in [1.82, 2.24) is 0 Å². The summed E-state index contributed by atoms with van der Waals surface area (Å²) < 4.78 is -4.50. The van der Waals surface area contributed by atoms with E-state index in [2.05, 4.69) is 374 Å². The van der Waals surface area contributed by atoms with Crippen LogP contribution in [0.1, 0.15) is 134 Å². The van der Waals surface area contributed by atoms with Gasteiger partial charge in [-0.15, -0.1) is 0 Å². The summed E-state index contributed by atoms with van der Waals surface area (Å²) in [4.78, 5) is 30.4. The highest BCUT2D eigenvalue weighted by atomic mass is 35.6. The smallest absolute Gasteiger partial charge is 0.180 e. The minimum atomic E-state index is -0.750. The lowest BCUT2D eigenvalue weighted by molar-refractivity contribution is 1.07. The molecule has 0 aromatic heterocycles. The van der Waals surface area contributed by atoms with Gasteiger partial charge in [-0.1, -0.05) is 391 Å². The van der Waals surface area contributed by atoms with Crippen LogP contribution in [0.2, 0.25) is 0 Å². The Morgan fingerprint density at radius 3 is 0.407 bits per heavy atom. The SMILES string of the molecule is Cc1ccc2cc1-c1cc3cc(c1)-c1cc(ccc1C)CN=Cc1cccc(c1)-c1c(C)c(c(C)c(c1C)-c1cccc(c1)C=NCc1ccc(C)c-3c1)-c1cccc(c1)C=NC2.Cc1ccc2cc1-c1cc3cc(c1)-c1cc(ccc1C)CN=Cc1cccc(c1)-c1c(C)c(c(C)c(c1C)-c1cccc(c1)C=NCc1ccc(C)c-3c1)-c1cccc(c1)C=NC2.ClC(Cl)Cl.ClC(Cl)Cl.ClC(Cl)Cl.ClC(Cl)Cl.ClC(Cl)Cl.ClC(Cl)Cl. The van der Waals surface area contributed by atoms with E-state index in [0.29, 0.717) is 39.3 Å². The van der Waals surface area contributed by atoms with Gasteiger partial charge in [-0.05, 0) is 459 Å². The first kappa shape index (κ1) is 118. The fourth-order valence-electron chi connectivity index (χ4n) is 19.9. The molecule has 6 aliphatic heterocycles. The van der Waals surface area contributed by atoms with E-state index in [-0.39, 0.29) is 0 Å². The maximum atomic E-state index is 5.07. The highest BCUT2D eigenvalue weighted by molar-refractivity contribution is 6.65. The van der Waals surface area contributed by atoms with Crippen LogP contribution >= 0.6 is 209 Å². The van der Waals surface area contributed by atoms with E-state index in [4.69, 9.17) is 239 Å². The second kappa shape index (κ2) is 56.2. The largest absolute Gasteiger partial charge is 0.288 e. The molecule has 768 valence electrons. The van der Waals surface area contributed by atoms with Gasteiger partial charge in [0, 0.05) is 37.3 Å². The molecule has 16 aromatic carbocycles. The standard InChI is InChI=1S/2C60H51N3.6CHCl3/c2*1-37-16-19-46-25-55(37)52-28-53-30-54(29-52)57-27-48(21-18-39(57)3)36-63-33-45-12-9-15-51(24-45)60-41(5)58(49-13-7-10-43(22-49)31-61-34-46)40(4)59(42(60)6)50-14-8-11-44(23-50)32-62-35-47-20-17-38(2)56(53)26-47;6*2-1(3)4/h2*7-33H,34-36H2,1-6H3;6*1H. The van der Waals surface area contributed by atoms with Crippen molar-refractivity contribution in [2.24, 2.45) is 30.0 Å². The fraction of sp³-hybridized carbons (Fsp3) is 0.190. The van der Waals surface area contributed by atoms with E-state index in [1.54, 1.807) is 0 Å². The summed E-state index contributed by atoms with van der Waals surface area (Å²) in [7, 11) is 0. The quantitative estimate of drug-likeness (QED) is 0.136. The molecule has 0 amide bonds. The van der Waals surface area contributed by atoms with Crippen molar-refractivity contribution < 1.29 is 0 Å². The minimum Gasteiger partial charge on any atom is -0.288 e. The molecule has 0 spiro atoms. The number of hydrogen-bond acceptors (Lipinski definition) is 6. The van der Waals surface area contributed by atoms with Crippen LogP contribution in [0.3, 0.4) is 0 Å². The molecule has 24 heteroatoms. The van der Waals surface area contributed by atoms with Gasteiger partial charge in [0.2, 0.25) is 0 Å². The van der Waals surface area contributed by atoms with Crippen LogP contribution in [0.4, 0.5) is 0 Å². The van der Waals surface area contributed by atoms with Crippen LogP contribution in [0, 0.1) is 83.1 Å². The van der Waals surface area contributed by atoms with Crippen LogP contribution in [0.15, 0.2) is 321 Å². The molecule has 0 atom stereocenters. The van der Waals surface area contributed by atoms with E-state index >= 15 is 0 Å². The van der Waals surface area contributed by atoms with E-state index < -0.39 is 25.8 Å². The molecule has 22 rings (SSSR count). The van der Waals surface area contributed by atoms with Crippen molar-refractivity contribution in [1.29, 1.82) is 0 Å². The Bertz CT molecular complexity index is 6480. The Kier molecular flexibility index (Phi) is 44.2. The molecule has 6 aliphatic rings. The van der Waals surface area contributed by atoms with Gasteiger partial charge in [-0.25, -0.2) is 0 Å². The number of benzene rings is 16. The Morgan fingerprint density at radius 1 is 0.153 bits per heavy atom. The number of halogens is 18. The molecule has 6 heterocycles. The lowest BCUT2D eigenvalue weighted by atomic mass is 9.80. The third kappa shape index (κ3) is 32.5. The third-order valence-corrected chi connectivity index (χ3v) is 26.2. The summed E-state index contributed by atoms with van der Waals surface area (Å²) in [6.45, 7) is 30.5. The third-order valence-electron chi connectivity index (χ3n) is 26.2. The van der Waals surface area contributed by atoms with Crippen molar-refractivity contribution >= 4 is 246 Å². The lowest BCUT2D eigenvalue weighted by Crippen LogP contribution is -2.02. The Hall–Kier alpha value is -9.24. The van der Waals surface area contributed by atoms with Gasteiger partial charge >= 0.3 is 0 Å². The van der Waals surface area contributed by atoms with Crippen molar-refractivity contribution in [3.63, 3.8) is 0 Å². The topological polar surface area (TPSA) is 74.2 Å². The summed E-state index contributed by atoms with van der Waals surface area (Å²) >= 11 is 86.5. The second-order valence-corrected chi connectivity index (χ2v) is 48.4. The first-order valence-corrected chi connectivity index (χ1v) is 55.9. The maximum Gasteiger partial charge on any atom is 0.180 e. The summed E-state index contributed by atoms with van der Waals surface area (Å²) in [5.74, 6) is 0. The normalized spacial score (nSPS) is 12.2. The van der Waals surface area contributed by atoms with Gasteiger partial charge in [-0.3, -0.25) is 30.0 Å². The molecule has 0 radical (unpaired) electrons. The zero-order valence-electron chi connectivity index (χ0n) is 84.4. The van der Waals surface area contributed by atoms with Gasteiger partial charge in [0.25, 0.3) is 0 Å². The average molecular weight is 2340 g/mol. The zero-order chi connectivity index (χ0) is 108. The number of alkyl halides is 18. The fourth-order valence-corrected chi connectivity index (χ4v) is 19.9. The average Bonchev–Trinajstić information content (AvgIpc) is 0.745. The molecule has 0 saturated carbocycles. The van der Waals surface area contributed by atoms with E-state index in [1.807, 2.05) is 37.3 Å². The van der Waals surface area contributed by atoms with Gasteiger partial charge < -0.3 is 0 Å². The molecule has 6 nitrogen and oxygen atoms in total. The van der Waals surface area contributed by atoms with Gasteiger partial charge in [0.15, 0.2) is 25.8 Å². The van der Waals surface area contributed by atoms with Gasteiger partial charge in [0.1, 0.15) is 0 Å². The first-order valence-electron chi connectivity index (χ1n) is 48.0. The Labute approximate surface area is 972 Å². The molecule has 0 saturated heterocycles. The number of fused-ring (bicyclic) bond motifs is 6. The van der Waals surface area contributed by atoms with Gasteiger partial charge in [-0.2, -0.15) is 0 Å². The Balaban J connectivity index is 0.000000206. The molecule has 0 unspecified atom stereocenters. The summed E-state index contributed by atoms with van der Waals surface area (Å²) in [6, 6.07) is 108. The van der Waals surface area contributed by atoms with Crippen LogP contribution < -0.4 is 0 Å². The van der Waals surface area contributed by atoms with Crippen LogP contribution in [0.5, 0.6) is 0 Å². The number of hydrogen-bond donors (Lipinski definition) is 0. The zero-order valence-corrected chi connectivity index (χ0v) is 98.0. The van der Waals surface area contributed by atoms with E-state index in [9.17, 15) is 0 Å². The van der Waals surface area contributed by atoms with Crippen LogP contribution in [-0.2, 0) is 39.3 Å². The van der Waals surface area contributed by atoms with Gasteiger partial charge in [0.05, 0.1) is 39.3 Å².